The minimum absolute atomic E-state index is 0.382. The second-order valence-corrected chi connectivity index (χ2v) is 8.20. The van der Waals surface area contributed by atoms with Crippen molar-refractivity contribution in [3.05, 3.63) is 72.1 Å². The van der Waals surface area contributed by atoms with E-state index in [2.05, 4.69) is 34.3 Å². The molecule has 2 aromatic carbocycles. The van der Waals surface area contributed by atoms with Gasteiger partial charge in [0.05, 0.1) is 12.1 Å². The van der Waals surface area contributed by atoms with Crippen LogP contribution < -0.4 is 0 Å². The van der Waals surface area contributed by atoms with E-state index in [-0.39, 0.29) is 0 Å². The van der Waals surface area contributed by atoms with Crippen molar-refractivity contribution in [1.29, 1.82) is 0 Å². The fourth-order valence-corrected chi connectivity index (χ4v) is 5.06. The molecule has 0 amide bonds. The van der Waals surface area contributed by atoms with Crippen molar-refractivity contribution in [3.8, 4) is 11.4 Å². The summed E-state index contributed by atoms with van der Waals surface area (Å²) in [6.07, 6.45) is 3.84. The zero-order valence-corrected chi connectivity index (χ0v) is 16.2. The quantitative estimate of drug-likeness (QED) is 0.759. The van der Waals surface area contributed by atoms with Crippen LogP contribution in [0.5, 0.6) is 0 Å². The monoisotopic (exact) mass is 374 g/mol. The van der Waals surface area contributed by atoms with Crippen LogP contribution in [-0.4, -0.2) is 36.9 Å². The first-order chi connectivity index (χ1) is 13.6. The highest BCUT2D eigenvalue weighted by molar-refractivity contribution is 5.54. The van der Waals surface area contributed by atoms with Gasteiger partial charge in [-0.05, 0) is 31.2 Å². The van der Waals surface area contributed by atoms with Crippen LogP contribution >= 0.6 is 0 Å². The molecule has 28 heavy (non-hydrogen) atoms. The molecule has 3 aromatic rings. The number of aryl methyl sites for hydroxylation is 1. The van der Waals surface area contributed by atoms with Crippen molar-refractivity contribution in [2.24, 2.45) is 7.05 Å². The summed E-state index contributed by atoms with van der Waals surface area (Å²) in [5, 5.41) is 16.0. The number of aliphatic hydroxyl groups is 1. The van der Waals surface area contributed by atoms with Gasteiger partial charge in [0.15, 0.2) is 11.6 Å². The molecule has 5 rings (SSSR count). The van der Waals surface area contributed by atoms with Crippen LogP contribution in [-0.2, 0) is 19.2 Å². The zero-order valence-electron chi connectivity index (χ0n) is 16.2. The van der Waals surface area contributed by atoms with E-state index in [0.717, 1.165) is 55.0 Å². The number of rotatable bonds is 4. The fraction of sp³-hybridized carbons (Fsp3) is 0.391. The number of nitrogens with zero attached hydrogens (tertiary/aromatic N) is 4. The Morgan fingerprint density at radius 2 is 1.57 bits per heavy atom. The second-order valence-electron chi connectivity index (χ2n) is 8.20. The van der Waals surface area contributed by atoms with Crippen molar-refractivity contribution in [2.75, 3.05) is 0 Å². The van der Waals surface area contributed by atoms with Crippen molar-refractivity contribution in [3.63, 3.8) is 0 Å². The molecule has 0 saturated carbocycles. The minimum atomic E-state index is -0.712. The summed E-state index contributed by atoms with van der Waals surface area (Å²) in [6.45, 7) is 0.751. The lowest BCUT2D eigenvalue weighted by Gasteiger charge is -2.43. The van der Waals surface area contributed by atoms with Crippen molar-refractivity contribution >= 4 is 0 Å². The standard InChI is InChI=1S/C23H26N4O/c1-26-22(17-8-4-2-5-9-17)24-21(25-26)16-27-19-12-13-20(27)15-23(28,14-19)18-10-6-3-7-11-18/h2-11,19-20,28H,12-16H2,1H3. The number of hydrogen-bond acceptors (Lipinski definition) is 4. The first kappa shape index (κ1) is 17.6. The molecule has 144 valence electrons. The summed E-state index contributed by atoms with van der Waals surface area (Å²) in [5.41, 5.74) is 1.42. The van der Waals surface area contributed by atoms with Gasteiger partial charge in [-0.15, -0.1) is 0 Å². The number of piperidine rings is 1. The molecule has 5 nitrogen and oxygen atoms in total. The maximum absolute atomic E-state index is 11.3. The lowest BCUT2D eigenvalue weighted by molar-refractivity contribution is -0.0601. The highest BCUT2D eigenvalue weighted by Gasteiger charge is 2.48. The maximum Gasteiger partial charge on any atom is 0.165 e. The van der Waals surface area contributed by atoms with Crippen molar-refractivity contribution < 1.29 is 5.11 Å². The Balaban J connectivity index is 1.36. The van der Waals surface area contributed by atoms with Crippen LogP contribution in [0.25, 0.3) is 11.4 Å². The van der Waals surface area contributed by atoms with Gasteiger partial charge in [-0.25, -0.2) is 9.67 Å². The Hall–Kier alpha value is -2.50. The van der Waals surface area contributed by atoms with E-state index in [0.29, 0.717) is 12.1 Å². The number of fused-ring (bicyclic) bond motifs is 2. The van der Waals surface area contributed by atoms with Gasteiger partial charge < -0.3 is 5.11 Å². The zero-order chi connectivity index (χ0) is 19.1. The van der Waals surface area contributed by atoms with Crippen LogP contribution in [0.2, 0.25) is 0 Å². The molecule has 2 aliphatic rings. The SMILES string of the molecule is Cn1nc(CN2C3CCC2CC(O)(c2ccccc2)C3)nc1-c1ccccc1. The molecule has 3 heterocycles. The molecule has 2 fully saturated rings. The van der Waals surface area contributed by atoms with E-state index in [1.807, 2.05) is 48.1 Å². The van der Waals surface area contributed by atoms with Crippen molar-refractivity contribution in [1.82, 2.24) is 19.7 Å². The van der Waals surface area contributed by atoms with Gasteiger partial charge in [0.2, 0.25) is 0 Å². The third kappa shape index (κ3) is 3.05. The van der Waals surface area contributed by atoms with Crippen LogP contribution in [0.4, 0.5) is 0 Å². The summed E-state index contributed by atoms with van der Waals surface area (Å²) in [4.78, 5) is 7.33. The van der Waals surface area contributed by atoms with Gasteiger partial charge in [0.25, 0.3) is 0 Å². The average molecular weight is 374 g/mol. The summed E-state index contributed by atoms with van der Waals surface area (Å²) in [5.74, 6) is 1.77. The highest BCUT2D eigenvalue weighted by Crippen LogP contribution is 2.46. The van der Waals surface area contributed by atoms with Gasteiger partial charge in [0.1, 0.15) is 0 Å². The topological polar surface area (TPSA) is 54.2 Å². The van der Waals surface area contributed by atoms with E-state index >= 15 is 0 Å². The van der Waals surface area contributed by atoms with Gasteiger partial charge in [-0.3, -0.25) is 4.90 Å². The smallest absolute Gasteiger partial charge is 0.165 e. The summed E-state index contributed by atoms with van der Waals surface area (Å²) >= 11 is 0. The molecule has 2 atom stereocenters. The average Bonchev–Trinajstić information content (AvgIpc) is 3.20. The molecule has 5 heteroatoms. The Kier molecular flexibility index (Phi) is 4.29. The predicted octanol–water partition coefficient (Wildman–Crippen LogP) is 3.50. The van der Waals surface area contributed by atoms with E-state index in [1.54, 1.807) is 0 Å². The largest absolute Gasteiger partial charge is 0.385 e. The van der Waals surface area contributed by atoms with Crippen LogP contribution in [0, 0.1) is 0 Å². The first-order valence-corrected chi connectivity index (χ1v) is 10.1. The van der Waals surface area contributed by atoms with Crippen LogP contribution in [0.15, 0.2) is 60.7 Å². The number of hydrogen-bond donors (Lipinski definition) is 1. The normalized spacial score (nSPS) is 27.2. The lowest BCUT2D eigenvalue weighted by Crippen LogP contribution is -2.49. The summed E-state index contributed by atoms with van der Waals surface area (Å²) in [7, 11) is 1.96. The molecular weight excluding hydrogens is 348 g/mol. The Bertz CT molecular complexity index is 939. The predicted molar refractivity (Wildman–Crippen MR) is 108 cm³/mol. The molecule has 0 spiro atoms. The van der Waals surface area contributed by atoms with E-state index in [9.17, 15) is 5.11 Å². The molecule has 2 aliphatic heterocycles. The van der Waals surface area contributed by atoms with Crippen molar-refractivity contribution in [2.45, 2.75) is 49.9 Å². The molecule has 1 N–H and O–H groups in total. The van der Waals surface area contributed by atoms with E-state index < -0.39 is 5.60 Å². The molecule has 2 unspecified atom stereocenters. The maximum atomic E-state index is 11.3. The Morgan fingerprint density at radius 3 is 2.21 bits per heavy atom. The molecule has 0 radical (unpaired) electrons. The second kappa shape index (κ2) is 6.83. The molecule has 0 aliphatic carbocycles. The van der Waals surface area contributed by atoms with Crippen LogP contribution in [0.3, 0.4) is 0 Å². The highest BCUT2D eigenvalue weighted by atomic mass is 16.3. The Morgan fingerprint density at radius 1 is 0.964 bits per heavy atom. The molecule has 1 aromatic heterocycles. The third-order valence-corrected chi connectivity index (χ3v) is 6.39. The number of benzene rings is 2. The molecular formula is C23H26N4O. The summed E-state index contributed by atoms with van der Waals surface area (Å²) in [6, 6.07) is 21.1. The lowest BCUT2D eigenvalue weighted by atomic mass is 9.80. The first-order valence-electron chi connectivity index (χ1n) is 10.1. The third-order valence-electron chi connectivity index (χ3n) is 6.39. The molecule has 2 saturated heterocycles. The minimum Gasteiger partial charge on any atom is -0.385 e. The van der Waals surface area contributed by atoms with Gasteiger partial charge in [-0.2, -0.15) is 5.10 Å². The summed E-state index contributed by atoms with van der Waals surface area (Å²) < 4.78 is 1.87. The number of aromatic nitrogens is 3. The van der Waals surface area contributed by atoms with Gasteiger partial charge in [-0.1, -0.05) is 60.7 Å². The molecule has 2 bridgehead atoms. The van der Waals surface area contributed by atoms with E-state index in [4.69, 9.17) is 4.98 Å². The Labute approximate surface area is 165 Å². The van der Waals surface area contributed by atoms with E-state index in [1.165, 1.54) is 0 Å². The van der Waals surface area contributed by atoms with Gasteiger partial charge >= 0.3 is 0 Å². The van der Waals surface area contributed by atoms with Gasteiger partial charge in [0, 0.05) is 24.7 Å². The fourth-order valence-electron chi connectivity index (χ4n) is 5.06. The van der Waals surface area contributed by atoms with Crippen LogP contribution in [0.1, 0.15) is 37.1 Å².